The predicted molar refractivity (Wildman–Crippen MR) is 96.6 cm³/mol. The summed E-state index contributed by atoms with van der Waals surface area (Å²) in [5, 5.41) is 4.15. The molecular formula is C16H16N4O2S2. The molecule has 1 fully saturated rings. The predicted octanol–water partition coefficient (Wildman–Crippen LogP) is 2.40. The van der Waals surface area contributed by atoms with E-state index in [2.05, 4.69) is 20.2 Å². The van der Waals surface area contributed by atoms with Gasteiger partial charge in [0, 0.05) is 25.5 Å². The summed E-state index contributed by atoms with van der Waals surface area (Å²) in [6.07, 6.45) is 3.00. The zero-order valence-electron chi connectivity index (χ0n) is 13.0. The van der Waals surface area contributed by atoms with Gasteiger partial charge in [-0.3, -0.25) is 0 Å². The van der Waals surface area contributed by atoms with Crippen LogP contribution in [0, 0.1) is 0 Å². The minimum absolute atomic E-state index is 0.285. The number of aromatic nitrogens is 2. The third-order valence-corrected chi connectivity index (χ3v) is 6.04. The van der Waals surface area contributed by atoms with Crippen LogP contribution >= 0.6 is 11.3 Å². The second-order valence-corrected chi connectivity index (χ2v) is 8.84. The Balaban J connectivity index is 1.51. The number of hydrogen-bond acceptors (Lipinski definition) is 7. The molecule has 0 radical (unpaired) electrons. The third-order valence-electron chi connectivity index (χ3n) is 3.96. The molecule has 6 nitrogen and oxygen atoms in total. The molecule has 3 heterocycles. The van der Waals surface area contributed by atoms with Gasteiger partial charge in [-0.2, -0.15) is 0 Å². The molecule has 0 unspecified atom stereocenters. The number of benzene rings is 1. The number of nitrogens with one attached hydrogen (secondary N) is 1. The normalized spacial score (nSPS) is 15.5. The summed E-state index contributed by atoms with van der Waals surface area (Å²) in [6.45, 7) is 1.71. The van der Waals surface area contributed by atoms with Crippen molar-refractivity contribution in [2.24, 2.45) is 0 Å². The Labute approximate surface area is 144 Å². The molecule has 0 spiro atoms. The zero-order chi connectivity index (χ0) is 16.7. The molecule has 0 aliphatic carbocycles. The van der Waals surface area contributed by atoms with Gasteiger partial charge in [-0.15, -0.1) is 0 Å². The molecule has 1 N–H and O–H groups in total. The van der Waals surface area contributed by atoms with Crippen molar-refractivity contribution >= 4 is 42.3 Å². The Kier molecular flexibility index (Phi) is 3.65. The van der Waals surface area contributed by atoms with E-state index in [0.717, 1.165) is 28.7 Å². The van der Waals surface area contributed by atoms with Crippen LogP contribution in [0.5, 0.6) is 0 Å². The Bertz CT molecular complexity index is 980. The van der Waals surface area contributed by atoms with E-state index >= 15 is 0 Å². The minimum atomic E-state index is -3.28. The number of anilines is 2. The topological polar surface area (TPSA) is 75.2 Å². The fraction of sp³-hybridized carbons (Fsp3) is 0.250. The van der Waals surface area contributed by atoms with Crippen molar-refractivity contribution in [2.45, 2.75) is 10.9 Å². The second kappa shape index (κ2) is 5.71. The van der Waals surface area contributed by atoms with Crippen LogP contribution in [-0.4, -0.2) is 43.8 Å². The van der Waals surface area contributed by atoms with Crippen LogP contribution in [0.15, 0.2) is 47.5 Å². The number of rotatable bonds is 4. The van der Waals surface area contributed by atoms with E-state index in [-0.39, 0.29) is 10.9 Å². The van der Waals surface area contributed by atoms with Crippen molar-refractivity contribution in [1.82, 2.24) is 9.97 Å². The Morgan fingerprint density at radius 3 is 2.75 bits per heavy atom. The first-order valence-corrected chi connectivity index (χ1v) is 10.2. The van der Waals surface area contributed by atoms with Crippen LogP contribution in [0.1, 0.15) is 0 Å². The molecule has 8 heteroatoms. The summed E-state index contributed by atoms with van der Waals surface area (Å²) in [4.78, 5) is 11.3. The number of sulfone groups is 1. The standard InChI is InChI=1S/C16H16N4O2S2/c1-24(21,22)13-6-4-5-12-15(13)19-16(23-12)18-11-9-20(10-11)14-7-2-3-8-17-14/h2-8,11H,9-10H2,1H3,(H,18,19). The lowest BCUT2D eigenvalue weighted by atomic mass is 10.1. The molecule has 4 rings (SSSR count). The van der Waals surface area contributed by atoms with Crippen LogP contribution in [-0.2, 0) is 9.84 Å². The first-order valence-electron chi connectivity index (χ1n) is 7.53. The van der Waals surface area contributed by atoms with Gasteiger partial charge in [-0.1, -0.05) is 23.5 Å². The maximum Gasteiger partial charge on any atom is 0.184 e. The van der Waals surface area contributed by atoms with Gasteiger partial charge in [0.15, 0.2) is 15.0 Å². The van der Waals surface area contributed by atoms with Crippen LogP contribution in [0.25, 0.3) is 10.2 Å². The van der Waals surface area contributed by atoms with Gasteiger partial charge in [0.1, 0.15) is 11.3 Å². The largest absolute Gasteiger partial charge is 0.355 e. The Hall–Kier alpha value is -2.19. The average molecular weight is 360 g/mol. The molecule has 3 aromatic rings. The van der Waals surface area contributed by atoms with Gasteiger partial charge in [0.2, 0.25) is 0 Å². The zero-order valence-corrected chi connectivity index (χ0v) is 14.6. The van der Waals surface area contributed by atoms with Gasteiger partial charge in [0.25, 0.3) is 0 Å². The summed E-state index contributed by atoms with van der Waals surface area (Å²) >= 11 is 1.48. The molecular weight excluding hydrogens is 344 g/mol. The van der Waals surface area contributed by atoms with Crippen LogP contribution in [0.3, 0.4) is 0 Å². The average Bonchev–Trinajstić information content (AvgIpc) is 2.92. The van der Waals surface area contributed by atoms with E-state index in [9.17, 15) is 8.42 Å². The molecule has 0 saturated carbocycles. The van der Waals surface area contributed by atoms with Crippen molar-refractivity contribution < 1.29 is 8.42 Å². The molecule has 0 amide bonds. The van der Waals surface area contributed by atoms with Gasteiger partial charge < -0.3 is 10.2 Å². The maximum absolute atomic E-state index is 11.9. The summed E-state index contributed by atoms with van der Waals surface area (Å²) < 4.78 is 24.6. The summed E-state index contributed by atoms with van der Waals surface area (Å²) in [7, 11) is -3.28. The van der Waals surface area contributed by atoms with Gasteiger partial charge in [-0.25, -0.2) is 18.4 Å². The summed E-state index contributed by atoms with van der Waals surface area (Å²) in [6, 6.07) is 11.4. The first-order chi connectivity index (χ1) is 11.5. The number of thiazole rings is 1. The highest BCUT2D eigenvalue weighted by atomic mass is 32.2. The van der Waals surface area contributed by atoms with E-state index in [1.165, 1.54) is 17.6 Å². The van der Waals surface area contributed by atoms with Gasteiger partial charge in [0.05, 0.1) is 15.6 Å². The Morgan fingerprint density at radius 2 is 2.04 bits per heavy atom. The summed E-state index contributed by atoms with van der Waals surface area (Å²) in [5.74, 6) is 0.971. The summed E-state index contributed by atoms with van der Waals surface area (Å²) in [5.41, 5.74) is 0.549. The van der Waals surface area contributed by atoms with Crippen LogP contribution in [0.2, 0.25) is 0 Å². The number of para-hydroxylation sites is 1. The quantitative estimate of drug-likeness (QED) is 0.770. The van der Waals surface area contributed by atoms with Crippen molar-refractivity contribution in [3.63, 3.8) is 0 Å². The molecule has 24 heavy (non-hydrogen) atoms. The van der Waals surface area contributed by atoms with Crippen molar-refractivity contribution in [3.05, 3.63) is 42.6 Å². The van der Waals surface area contributed by atoms with Gasteiger partial charge in [-0.05, 0) is 24.3 Å². The fourth-order valence-corrected chi connectivity index (χ4v) is 4.62. The van der Waals surface area contributed by atoms with E-state index in [4.69, 9.17) is 0 Å². The number of pyridine rings is 1. The molecule has 1 saturated heterocycles. The van der Waals surface area contributed by atoms with E-state index in [0.29, 0.717) is 5.52 Å². The van der Waals surface area contributed by atoms with E-state index < -0.39 is 9.84 Å². The molecule has 1 aromatic carbocycles. The lowest BCUT2D eigenvalue weighted by Crippen LogP contribution is -2.55. The smallest absolute Gasteiger partial charge is 0.184 e. The highest BCUT2D eigenvalue weighted by molar-refractivity contribution is 7.91. The molecule has 124 valence electrons. The van der Waals surface area contributed by atoms with E-state index in [1.54, 1.807) is 18.3 Å². The lowest BCUT2D eigenvalue weighted by Gasteiger charge is -2.40. The van der Waals surface area contributed by atoms with Crippen LogP contribution in [0.4, 0.5) is 10.9 Å². The lowest BCUT2D eigenvalue weighted by molar-refractivity contribution is 0.545. The first kappa shape index (κ1) is 15.3. The Morgan fingerprint density at radius 1 is 1.21 bits per heavy atom. The van der Waals surface area contributed by atoms with Gasteiger partial charge >= 0.3 is 0 Å². The highest BCUT2D eigenvalue weighted by Gasteiger charge is 2.28. The SMILES string of the molecule is CS(=O)(=O)c1cccc2sc(NC3CN(c4ccccn4)C3)nc12. The van der Waals surface area contributed by atoms with E-state index in [1.807, 2.05) is 24.3 Å². The number of hydrogen-bond donors (Lipinski definition) is 1. The number of nitrogens with zero attached hydrogens (tertiary/aromatic N) is 3. The molecule has 2 aromatic heterocycles. The molecule has 0 bridgehead atoms. The third kappa shape index (κ3) is 2.83. The highest BCUT2D eigenvalue weighted by Crippen LogP contribution is 2.31. The van der Waals surface area contributed by atoms with Crippen LogP contribution < -0.4 is 10.2 Å². The van der Waals surface area contributed by atoms with Crippen molar-refractivity contribution in [3.8, 4) is 0 Å². The monoisotopic (exact) mass is 360 g/mol. The minimum Gasteiger partial charge on any atom is -0.355 e. The number of fused-ring (bicyclic) bond motifs is 1. The molecule has 1 aliphatic rings. The molecule has 1 aliphatic heterocycles. The maximum atomic E-state index is 11.9. The van der Waals surface area contributed by atoms with Crippen molar-refractivity contribution in [1.29, 1.82) is 0 Å². The fourth-order valence-electron chi connectivity index (χ4n) is 2.76. The molecule has 0 atom stereocenters. The van der Waals surface area contributed by atoms with Crippen molar-refractivity contribution in [2.75, 3.05) is 29.6 Å². The second-order valence-electron chi connectivity index (χ2n) is 5.83.